The summed E-state index contributed by atoms with van der Waals surface area (Å²) in [7, 11) is -3.54. The minimum Gasteiger partial charge on any atom is -0.211 e. The first-order valence-electron chi connectivity index (χ1n) is 5.04. The molecule has 1 aromatic rings. The minimum absolute atomic E-state index is 0.327. The standard InChI is InChI=1S/C11H13FN2O2S/c1-9(14-17(15,16)7-6-13)8-10-2-4-11(12)5-3-10/h2-5,9,14H,7-8H2,1H3. The van der Waals surface area contributed by atoms with E-state index in [1.54, 1.807) is 25.1 Å². The van der Waals surface area contributed by atoms with Gasteiger partial charge in [-0.15, -0.1) is 0 Å². The fourth-order valence-electron chi connectivity index (χ4n) is 1.45. The van der Waals surface area contributed by atoms with Crippen molar-refractivity contribution in [2.75, 3.05) is 5.75 Å². The largest absolute Gasteiger partial charge is 0.225 e. The smallest absolute Gasteiger partial charge is 0.211 e. The van der Waals surface area contributed by atoms with Crippen LogP contribution >= 0.6 is 0 Å². The van der Waals surface area contributed by atoms with Crippen LogP contribution in [0, 0.1) is 17.1 Å². The van der Waals surface area contributed by atoms with Gasteiger partial charge in [0.05, 0.1) is 6.07 Å². The van der Waals surface area contributed by atoms with Gasteiger partial charge in [-0.2, -0.15) is 5.26 Å². The highest BCUT2D eigenvalue weighted by Crippen LogP contribution is 2.06. The van der Waals surface area contributed by atoms with Crippen molar-refractivity contribution in [2.45, 2.75) is 19.4 Å². The zero-order valence-electron chi connectivity index (χ0n) is 9.35. The number of nitriles is 1. The summed E-state index contributed by atoms with van der Waals surface area (Å²) >= 11 is 0. The number of benzene rings is 1. The summed E-state index contributed by atoms with van der Waals surface area (Å²) in [6.45, 7) is 1.69. The Morgan fingerprint density at radius 1 is 1.41 bits per heavy atom. The van der Waals surface area contributed by atoms with E-state index < -0.39 is 15.8 Å². The Bertz CT molecular complexity index is 505. The van der Waals surface area contributed by atoms with Crippen molar-refractivity contribution in [3.05, 3.63) is 35.6 Å². The van der Waals surface area contributed by atoms with Gasteiger partial charge in [-0.25, -0.2) is 17.5 Å². The van der Waals surface area contributed by atoms with E-state index in [1.165, 1.54) is 12.1 Å². The molecule has 1 aromatic carbocycles. The Kier molecular flexibility index (Phi) is 4.61. The molecule has 0 amide bonds. The Hall–Kier alpha value is -1.45. The lowest BCUT2D eigenvalue weighted by Crippen LogP contribution is -2.35. The first-order valence-corrected chi connectivity index (χ1v) is 6.69. The van der Waals surface area contributed by atoms with E-state index in [9.17, 15) is 12.8 Å². The summed E-state index contributed by atoms with van der Waals surface area (Å²) in [5.41, 5.74) is 0.832. The van der Waals surface area contributed by atoms with Crippen molar-refractivity contribution >= 4 is 10.0 Å². The lowest BCUT2D eigenvalue weighted by Gasteiger charge is -2.12. The van der Waals surface area contributed by atoms with Crippen molar-refractivity contribution < 1.29 is 12.8 Å². The number of nitrogens with one attached hydrogen (secondary N) is 1. The Balaban J connectivity index is 2.59. The average Bonchev–Trinajstić information content (AvgIpc) is 2.20. The van der Waals surface area contributed by atoms with Gasteiger partial charge in [0.15, 0.2) is 5.75 Å². The fraction of sp³-hybridized carbons (Fsp3) is 0.364. The predicted octanol–water partition coefficient (Wildman–Crippen LogP) is 1.20. The van der Waals surface area contributed by atoms with E-state index in [0.717, 1.165) is 5.56 Å². The second-order valence-corrected chi connectivity index (χ2v) is 5.52. The van der Waals surface area contributed by atoms with Crippen molar-refractivity contribution in [3.63, 3.8) is 0 Å². The molecule has 1 atom stereocenters. The van der Waals surface area contributed by atoms with Crippen molar-refractivity contribution in [1.29, 1.82) is 5.26 Å². The maximum Gasteiger partial charge on any atom is 0.225 e. The molecule has 4 nitrogen and oxygen atoms in total. The van der Waals surface area contributed by atoms with Gasteiger partial charge in [0.2, 0.25) is 10.0 Å². The maximum atomic E-state index is 12.6. The predicted molar refractivity (Wildman–Crippen MR) is 62.1 cm³/mol. The molecule has 0 aliphatic heterocycles. The van der Waals surface area contributed by atoms with Crippen LogP contribution in [0.2, 0.25) is 0 Å². The first kappa shape index (κ1) is 13.6. The molecule has 1 rings (SSSR count). The lowest BCUT2D eigenvalue weighted by molar-refractivity contribution is 0.562. The van der Waals surface area contributed by atoms with Crippen LogP contribution in [-0.2, 0) is 16.4 Å². The molecular weight excluding hydrogens is 243 g/mol. The summed E-state index contributed by atoms with van der Waals surface area (Å²) in [5, 5.41) is 8.32. The number of sulfonamides is 1. The van der Waals surface area contributed by atoms with E-state index in [1.807, 2.05) is 0 Å². The number of hydrogen-bond acceptors (Lipinski definition) is 3. The van der Waals surface area contributed by atoms with Crippen LogP contribution in [0.15, 0.2) is 24.3 Å². The van der Waals surface area contributed by atoms with Gasteiger partial charge in [-0.05, 0) is 31.0 Å². The topological polar surface area (TPSA) is 70.0 Å². The number of nitrogens with zero attached hydrogens (tertiary/aromatic N) is 1. The molecule has 1 N–H and O–H groups in total. The first-order chi connectivity index (χ1) is 7.93. The molecule has 0 aliphatic rings. The minimum atomic E-state index is -3.54. The van der Waals surface area contributed by atoms with Gasteiger partial charge in [0.1, 0.15) is 5.82 Å². The van der Waals surface area contributed by atoms with E-state index in [0.29, 0.717) is 6.42 Å². The van der Waals surface area contributed by atoms with Crippen LogP contribution in [0.5, 0.6) is 0 Å². The quantitative estimate of drug-likeness (QED) is 0.860. The third kappa shape index (κ3) is 4.93. The number of hydrogen-bond donors (Lipinski definition) is 1. The highest BCUT2D eigenvalue weighted by atomic mass is 32.2. The molecule has 17 heavy (non-hydrogen) atoms. The Labute approximate surface area is 100 Å². The fourth-order valence-corrected chi connectivity index (χ4v) is 2.40. The zero-order valence-corrected chi connectivity index (χ0v) is 10.2. The second kappa shape index (κ2) is 5.75. The molecule has 0 aromatic heterocycles. The molecule has 6 heteroatoms. The second-order valence-electron chi connectivity index (χ2n) is 3.77. The third-order valence-electron chi connectivity index (χ3n) is 2.09. The molecule has 0 fully saturated rings. The van der Waals surface area contributed by atoms with Crippen LogP contribution in [0.25, 0.3) is 0 Å². The van der Waals surface area contributed by atoms with Crippen molar-refractivity contribution in [2.24, 2.45) is 0 Å². The zero-order chi connectivity index (χ0) is 12.9. The van der Waals surface area contributed by atoms with Crippen LogP contribution < -0.4 is 4.72 Å². The molecule has 0 bridgehead atoms. The normalized spacial score (nSPS) is 13.0. The summed E-state index contributed by atoms with van der Waals surface area (Å²) in [6, 6.07) is 7.10. The van der Waals surface area contributed by atoms with Crippen LogP contribution in [0.3, 0.4) is 0 Å². The van der Waals surface area contributed by atoms with Crippen LogP contribution in [-0.4, -0.2) is 20.2 Å². The molecule has 0 saturated carbocycles. The summed E-state index contributed by atoms with van der Waals surface area (Å²) in [5.74, 6) is -0.882. The molecule has 0 radical (unpaired) electrons. The van der Waals surface area contributed by atoms with Gasteiger partial charge < -0.3 is 0 Å². The monoisotopic (exact) mass is 256 g/mol. The highest BCUT2D eigenvalue weighted by Gasteiger charge is 2.14. The SMILES string of the molecule is CC(Cc1ccc(F)cc1)NS(=O)(=O)CC#N. The van der Waals surface area contributed by atoms with Gasteiger partial charge in [-0.3, -0.25) is 0 Å². The van der Waals surface area contributed by atoms with E-state index >= 15 is 0 Å². The van der Waals surface area contributed by atoms with Crippen LogP contribution in [0.4, 0.5) is 4.39 Å². The van der Waals surface area contributed by atoms with E-state index in [2.05, 4.69) is 4.72 Å². The highest BCUT2D eigenvalue weighted by molar-refractivity contribution is 7.89. The summed E-state index contributed by atoms with van der Waals surface area (Å²) in [4.78, 5) is 0. The van der Waals surface area contributed by atoms with E-state index in [-0.39, 0.29) is 11.9 Å². The molecule has 92 valence electrons. The number of rotatable bonds is 5. The Morgan fingerprint density at radius 2 is 2.00 bits per heavy atom. The molecule has 1 unspecified atom stereocenters. The van der Waals surface area contributed by atoms with Crippen molar-refractivity contribution in [1.82, 2.24) is 4.72 Å². The average molecular weight is 256 g/mol. The van der Waals surface area contributed by atoms with Gasteiger partial charge in [-0.1, -0.05) is 12.1 Å². The maximum absolute atomic E-state index is 12.6. The number of halogens is 1. The van der Waals surface area contributed by atoms with Crippen molar-refractivity contribution in [3.8, 4) is 6.07 Å². The van der Waals surface area contributed by atoms with Crippen LogP contribution in [0.1, 0.15) is 12.5 Å². The third-order valence-corrected chi connectivity index (χ3v) is 3.36. The molecule has 0 heterocycles. The molecule has 0 saturated heterocycles. The summed E-state index contributed by atoms with van der Waals surface area (Å²) < 4.78 is 37.6. The van der Waals surface area contributed by atoms with Gasteiger partial charge >= 0.3 is 0 Å². The lowest BCUT2D eigenvalue weighted by atomic mass is 10.1. The molecule has 0 aliphatic carbocycles. The van der Waals surface area contributed by atoms with E-state index in [4.69, 9.17) is 5.26 Å². The Morgan fingerprint density at radius 3 is 2.53 bits per heavy atom. The molecular formula is C11H13FN2O2S. The van der Waals surface area contributed by atoms with Gasteiger partial charge in [0, 0.05) is 6.04 Å². The summed E-state index contributed by atoms with van der Waals surface area (Å²) in [6.07, 6.45) is 0.449. The molecule has 0 spiro atoms. The van der Waals surface area contributed by atoms with Gasteiger partial charge in [0.25, 0.3) is 0 Å².